The first-order valence-electron chi connectivity index (χ1n) is 9.11. The normalized spacial score (nSPS) is 10.8. The zero-order chi connectivity index (χ0) is 23.3. The molecule has 0 radical (unpaired) electrons. The minimum atomic E-state index is -2.89. The fourth-order valence-electron chi connectivity index (χ4n) is 2.75. The van der Waals surface area contributed by atoms with E-state index in [4.69, 9.17) is 21.1 Å². The summed E-state index contributed by atoms with van der Waals surface area (Å²) < 4.78 is 41.1. The molecule has 0 unspecified atom stereocenters. The Morgan fingerprint density at radius 1 is 1.16 bits per heavy atom. The van der Waals surface area contributed by atoms with E-state index in [0.717, 1.165) is 0 Å². The minimum absolute atomic E-state index is 0.0476. The summed E-state index contributed by atoms with van der Waals surface area (Å²) in [5, 5.41) is 11.8. The molecule has 0 aliphatic heterocycles. The maximum atomic E-state index is 12.5. The number of ether oxygens (including phenoxy) is 3. The molecule has 1 amide bonds. The lowest BCUT2D eigenvalue weighted by Gasteiger charge is -2.13. The van der Waals surface area contributed by atoms with Gasteiger partial charge in [0.25, 0.3) is 0 Å². The van der Waals surface area contributed by atoms with Gasteiger partial charge in [-0.25, -0.2) is 0 Å². The molecule has 0 bridgehead atoms. The average molecular weight is 485 g/mol. The lowest BCUT2D eigenvalue weighted by atomic mass is 10.2. The number of methoxy groups -OCH3 is 2. The first-order chi connectivity index (χ1) is 15.3. The van der Waals surface area contributed by atoms with Crippen LogP contribution >= 0.6 is 23.4 Å². The van der Waals surface area contributed by atoms with Gasteiger partial charge in [0, 0.05) is 24.7 Å². The SMILES string of the molecule is COc1cc(NC(=O)CSc2nnc(-c3ccc(OC(F)F)cc3)n2C)c(OC)cc1Cl. The molecule has 1 aromatic heterocycles. The summed E-state index contributed by atoms with van der Waals surface area (Å²) >= 11 is 7.26. The summed E-state index contributed by atoms with van der Waals surface area (Å²) in [6.07, 6.45) is 0. The summed E-state index contributed by atoms with van der Waals surface area (Å²) in [7, 11) is 4.68. The Kier molecular flexibility index (Phi) is 7.75. The minimum Gasteiger partial charge on any atom is -0.495 e. The predicted molar refractivity (Wildman–Crippen MR) is 117 cm³/mol. The van der Waals surface area contributed by atoms with E-state index in [-0.39, 0.29) is 17.4 Å². The van der Waals surface area contributed by atoms with Gasteiger partial charge in [-0.3, -0.25) is 4.79 Å². The van der Waals surface area contributed by atoms with Crippen molar-refractivity contribution in [1.82, 2.24) is 14.8 Å². The molecule has 0 aliphatic rings. The number of carbonyl (C=O) groups is 1. The summed E-state index contributed by atoms with van der Waals surface area (Å²) in [5.74, 6) is 1.12. The van der Waals surface area contributed by atoms with Crippen molar-refractivity contribution in [3.05, 3.63) is 41.4 Å². The number of aromatic nitrogens is 3. The van der Waals surface area contributed by atoms with Gasteiger partial charge >= 0.3 is 6.61 Å². The molecule has 2 aromatic carbocycles. The molecule has 0 atom stereocenters. The third-order valence-corrected chi connectivity index (χ3v) is 5.57. The van der Waals surface area contributed by atoms with E-state index in [0.29, 0.717) is 38.8 Å². The molecule has 0 saturated carbocycles. The number of amides is 1. The van der Waals surface area contributed by atoms with Gasteiger partial charge < -0.3 is 24.1 Å². The molecule has 32 heavy (non-hydrogen) atoms. The summed E-state index contributed by atoms with van der Waals surface area (Å²) in [6, 6.07) is 9.17. The molecule has 8 nitrogen and oxygen atoms in total. The second-order valence-corrected chi connectivity index (χ2v) is 7.64. The van der Waals surface area contributed by atoms with E-state index in [1.165, 1.54) is 38.1 Å². The van der Waals surface area contributed by atoms with E-state index in [1.54, 1.807) is 35.9 Å². The van der Waals surface area contributed by atoms with Crippen molar-refractivity contribution in [3.63, 3.8) is 0 Å². The Labute approximate surface area is 191 Å². The summed E-state index contributed by atoms with van der Waals surface area (Å²) in [6.45, 7) is -2.89. The van der Waals surface area contributed by atoms with Crippen molar-refractivity contribution in [3.8, 4) is 28.6 Å². The molecule has 0 fully saturated rings. The Morgan fingerprint density at radius 3 is 2.47 bits per heavy atom. The van der Waals surface area contributed by atoms with Crippen LogP contribution in [0.25, 0.3) is 11.4 Å². The number of anilines is 1. The fraction of sp³-hybridized carbons (Fsp3) is 0.250. The van der Waals surface area contributed by atoms with Crippen LogP contribution in [0.2, 0.25) is 5.02 Å². The third kappa shape index (κ3) is 5.60. The lowest BCUT2D eigenvalue weighted by molar-refractivity contribution is -0.113. The molecule has 0 saturated heterocycles. The number of halogens is 3. The Morgan fingerprint density at radius 2 is 1.84 bits per heavy atom. The zero-order valence-electron chi connectivity index (χ0n) is 17.3. The standard InChI is InChI=1S/C20H19ClF2N4O4S/c1-27-18(11-4-6-12(7-5-11)31-19(22)23)25-26-20(27)32-10-17(28)24-14-9-15(29-2)13(21)8-16(14)30-3/h4-9,19H,10H2,1-3H3,(H,24,28). The molecule has 3 rings (SSSR count). The lowest BCUT2D eigenvalue weighted by Crippen LogP contribution is -2.15. The number of carbonyl (C=O) groups excluding carboxylic acids is 1. The Bertz CT molecular complexity index is 1100. The van der Waals surface area contributed by atoms with Gasteiger partial charge in [-0.1, -0.05) is 23.4 Å². The van der Waals surface area contributed by atoms with Gasteiger partial charge in [-0.15, -0.1) is 10.2 Å². The van der Waals surface area contributed by atoms with Crippen LogP contribution in [0, 0.1) is 0 Å². The van der Waals surface area contributed by atoms with Crippen molar-refractivity contribution in [2.24, 2.45) is 7.05 Å². The molecule has 12 heteroatoms. The third-order valence-electron chi connectivity index (χ3n) is 4.25. The molecule has 0 aliphatic carbocycles. The highest BCUT2D eigenvalue weighted by Gasteiger charge is 2.16. The van der Waals surface area contributed by atoms with Crippen LogP contribution < -0.4 is 19.5 Å². The first-order valence-corrected chi connectivity index (χ1v) is 10.5. The largest absolute Gasteiger partial charge is 0.495 e. The smallest absolute Gasteiger partial charge is 0.387 e. The van der Waals surface area contributed by atoms with Gasteiger partial charge in [0.15, 0.2) is 11.0 Å². The summed E-state index contributed by atoms with van der Waals surface area (Å²) in [4.78, 5) is 12.5. The van der Waals surface area contributed by atoms with E-state index >= 15 is 0 Å². The van der Waals surface area contributed by atoms with Crippen LogP contribution in [-0.2, 0) is 11.8 Å². The van der Waals surface area contributed by atoms with Crippen molar-refractivity contribution in [2.45, 2.75) is 11.8 Å². The number of hydrogen-bond donors (Lipinski definition) is 1. The van der Waals surface area contributed by atoms with Crippen LogP contribution in [-0.4, -0.2) is 47.3 Å². The maximum Gasteiger partial charge on any atom is 0.387 e. The van der Waals surface area contributed by atoms with Crippen molar-refractivity contribution in [2.75, 3.05) is 25.3 Å². The second kappa shape index (κ2) is 10.5. The molecule has 3 aromatic rings. The highest BCUT2D eigenvalue weighted by molar-refractivity contribution is 7.99. The number of benzene rings is 2. The molecule has 1 heterocycles. The monoisotopic (exact) mass is 484 g/mol. The first kappa shape index (κ1) is 23.6. The van der Waals surface area contributed by atoms with Crippen molar-refractivity contribution >= 4 is 35.0 Å². The number of nitrogens with zero attached hydrogens (tertiary/aromatic N) is 3. The van der Waals surface area contributed by atoms with Crippen molar-refractivity contribution < 1.29 is 27.8 Å². The van der Waals surface area contributed by atoms with E-state index in [2.05, 4.69) is 20.3 Å². The van der Waals surface area contributed by atoms with Gasteiger partial charge in [-0.2, -0.15) is 8.78 Å². The van der Waals surface area contributed by atoms with Gasteiger partial charge in [-0.05, 0) is 24.3 Å². The number of rotatable bonds is 9. The molecule has 170 valence electrons. The molecular formula is C20H19ClF2N4O4S. The Hall–Kier alpha value is -3.05. The molecular weight excluding hydrogens is 466 g/mol. The van der Waals surface area contributed by atoms with Gasteiger partial charge in [0.2, 0.25) is 5.91 Å². The van der Waals surface area contributed by atoms with Gasteiger partial charge in [0.1, 0.15) is 17.2 Å². The zero-order valence-corrected chi connectivity index (χ0v) is 18.8. The van der Waals surface area contributed by atoms with Crippen LogP contribution in [0.5, 0.6) is 17.2 Å². The summed E-state index contributed by atoms with van der Waals surface area (Å²) in [5.41, 5.74) is 1.08. The molecule has 1 N–H and O–H groups in total. The molecule has 0 spiro atoms. The van der Waals surface area contributed by atoms with Crippen LogP contribution in [0.15, 0.2) is 41.6 Å². The topological polar surface area (TPSA) is 87.5 Å². The highest BCUT2D eigenvalue weighted by Crippen LogP contribution is 2.36. The number of hydrogen-bond acceptors (Lipinski definition) is 7. The van der Waals surface area contributed by atoms with Gasteiger partial charge in [0.05, 0.1) is 30.7 Å². The van der Waals surface area contributed by atoms with E-state index in [1.807, 2.05) is 0 Å². The second-order valence-electron chi connectivity index (χ2n) is 6.29. The van der Waals surface area contributed by atoms with Crippen molar-refractivity contribution in [1.29, 1.82) is 0 Å². The maximum absolute atomic E-state index is 12.5. The van der Waals surface area contributed by atoms with E-state index < -0.39 is 6.61 Å². The predicted octanol–water partition coefficient (Wildman–Crippen LogP) is 4.48. The fourth-order valence-corrected chi connectivity index (χ4v) is 3.69. The average Bonchev–Trinajstić information content (AvgIpc) is 3.13. The quantitative estimate of drug-likeness (QED) is 0.448. The number of alkyl halides is 2. The van der Waals surface area contributed by atoms with Crippen LogP contribution in [0.1, 0.15) is 0 Å². The van der Waals surface area contributed by atoms with E-state index in [9.17, 15) is 13.6 Å². The van der Waals surface area contributed by atoms with Crippen LogP contribution in [0.4, 0.5) is 14.5 Å². The van der Waals surface area contributed by atoms with Crippen LogP contribution in [0.3, 0.4) is 0 Å². The number of nitrogens with one attached hydrogen (secondary N) is 1. The highest BCUT2D eigenvalue weighted by atomic mass is 35.5. The number of thioether (sulfide) groups is 1. The Balaban J connectivity index is 1.66.